The zero-order valence-corrected chi connectivity index (χ0v) is 12.7. The highest BCUT2D eigenvalue weighted by molar-refractivity contribution is 5.77. The summed E-state index contributed by atoms with van der Waals surface area (Å²) < 4.78 is 9.59. The second kappa shape index (κ2) is 9.38. The number of benzene rings is 1. The first-order valence-electron chi connectivity index (χ1n) is 7.00. The molecule has 0 bridgehead atoms. The van der Waals surface area contributed by atoms with E-state index < -0.39 is 18.2 Å². The highest BCUT2D eigenvalue weighted by Crippen LogP contribution is 2.08. The van der Waals surface area contributed by atoms with E-state index in [0.29, 0.717) is 6.29 Å². The predicted molar refractivity (Wildman–Crippen MR) is 79.0 cm³/mol. The number of amides is 2. The van der Waals surface area contributed by atoms with Crippen LogP contribution in [0.5, 0.6) is 0 Å². The van der Waals surface area contributed by atoms with Crippen LogP contribution in [0.3, 0.4) is 0 Å². The number of carbonyl (C=O) groups is 3. The molecular weight excluding hydrogens is 288 g/mol. The molecule has 0 unspecified atom stereocenters. The lowest BCUT2D eigenvalue weighted by atomic mass is 10.1. The maximum absolute atomic E-state index is 11.9. The maximum atomic E-state index is 11.9. The summed E-state index contributed by atoms with van der Waals surface area (Å²) in [6.07, 6.45) is -0.815. The van der Waals surface area contributed by atoms with Crippen LogP contribution in [-0.4, -0.2) is 42.7 Å². The summed E-state index contributed by atoms with van der Waals surface area (Å²) >= 11 is 0. The molecule has 22 heavy (non-hydrogen) atoms. The van der Waals surface area contributed by atoms with E-state index in [1.165, 1.54) is 0 Å². The number of ether oxygens (including phenoxy) is 2. The van der Waals surface area contributed by atoms with E-state index in [4.69, 9.17) is 9.47 Å². The first-order valence-corrected chi connectivity index (χ1v) is 7.00. The van der Waals surface area contributed by atoms with Gasteiger partial charge in [-0.15, -0.1) is 0 Å². The van der Waals surface area contributed by atoms with Gasteiger partial charge in [0.2, 0.25) is 0 Å². The Hall–Kier alpha value is -2.57. The molecule has 7 nitrogen and oxygen atoms in total. The SMILES string of the molecule is CCOC(=O)NN(C(=O)OCC)[C@@H](C=O)Cc1ccccc1. The van der Waals surface area contributed by atoms with Crippen molar-refractivity contribution in [3.8, 4) is 0 Å². The van der Waals surface area contributed by atoms with Crippen LogP contribution >= 0.6 is 0 Å². The molecule has 0 aliphatic carbocycles. The molecule has 0 fully saturated rings. The van der Waals surface area contributed by atoms with E-state index in [0.717, 1.165) is 10.6 Å². The molecule has 1 atom stereocenters. The van der Waals surface area contributed by atoms with Gasteiger partial charge in [-0.05, 0) is 19.4 Å². The fourth-order valence-corrected chi connectivity index (χ4v) is 1.77. The van der Waals surface area contributed by atoms with Gasteiger partial charge in [0.1, 0.15) is 12.3 Å². The fourth-order valence-electron chi connectivity index (χ4n) is 1.77. The van der Waals surface area contributed by atoms with Crippen LogP contribution in [0.4, 0.5) is 9.59 Å². The van der Waals surface area contributed by atoms with Gasteiger partial charge in [-0.2, -0.15) is 0 Å². The lowest BCUT2D eigenvalue weighted by molar-refractivity contribution is -0.112. The van der Waals surface area contributed by atoms with Crippen molar-refractivity contribution in [1.29, 1.82) is 0 Å². The number of nitrogens with one attached hydrogen (secondary N) is 1. The molecule has 0 saturated carbocycles. The fraction of sp³-hybridized carbons (Fsp3) is 0.400. The van der Waals surface area contributed by atoms with E-state index in [1.54, 1.807) is 13.8 Å². The summed E-state index contributed by atoms with van der Waals surface area (Å²) in [4.78, 5) is 34.8. The van der Waals surface area contributed by atoms with Crippen molar-refractivity contribution < 1.29 is 23.9 Å². The zero-order chi connectivity index (χ0) is 16.4. The average Bonchev–Trinajstić information content (AvgIpc) is 2.52. The molecule has 0 radical (unpaired) electrons. The third-order valence-corrected chi connectivity index (χ3v) is 2.73. The maximum Gasteiger partial charge on any atom is 0.429 e. The monoisotopic (exact) mass is 308 g/mol. The number of carbonyl (C=O) groups excluding carboxylic acids is 3. The lowest BCUT2D eigenvalue weighted by Gasteiger charge is -2.27. The van der Waals surface area contributed by atoms with E-state index in [9.17, 15) is 14.4 Å². The first-order chi connectivity index (χ1) is 10.6. The van der Waals surface area contributed by atoms with E-state index in [-0.39, 0.29) is 19.6 Å². The Morgan fingerprint density at radius 3 is 2.36 bits per heavy atom. The molecule has 1 aromatic rings. The Kier molecular flexibility index (Phi) is 7.45. The number of nitrogens with zero attached hydrogens (tertiary/aromatic N) is 1. The number of hydrazine groups is 1. The molecule has 1 aromatic carbocycles. The molecule has 2 amide bonds. The van der Waals surface area contributed by atoms with Crippen LogP contribution in [0, 0.1) is 0 Å². The van der Waals surface area contributed by atoms with Crippen molar-refractivity contribution in [3.63, 3.8) is 0 Å². The summed E-state index contributed by atoms with van der Waals surface area (Å²) in [7, 11) is 0. The van der Waals surface area contributed by atoms with E-state index in [2.05, 4.69) is 5.43 Å². The van der Waals surface area contributed by atoms with Crippen molar-refractivity contribution in [2.75, 3.05) is 13.2 Å². The van der Waals surface area contributed by atoms with Crippen LogP contribution < -0.4 is 5.43 Å². The summed E-state index contributed by atoms with van der Waals surface area (Å²) in [5.74, 6) is 0. The number of aldehydes is 1. The third-order valence-electron chi connectivity index (χ3n) is 2.73. The van der Waals surface area contributed by atoms with Crippen molar-refractivity contribution >= 4 is 18.5 Å². The standard InChI is InChI=1S/C15H20N2O5/c1-3-21-14(19)16-17(15(20)22-4-2)13(11-18)10-12-8-6-5-7-9-12/h5-9,11,13H,3-4,10H2,1-2H3,(H,16,19)/t13-/m1/s1. The largest absolute Gasteiger partial charge is 0.449 e. The third kappa shape index (κ3) is 5.43. The van der Waals surface area contributed by atoms with Gasteiger partial charge >= 0.3 is 12.2 Å². The molecule has 0 heterocycles. The van der Waals surface area contributed by atoms with Crippen molar-refractivity contribution in [2.45, 2.75) is 26.3 Å². The lowest BCUT2D eigenvalue weighted by Crippen LogP contribution is -2.53. The predicted octanol–water partition coefficient (Wildman–Crippen LogP) is 1.92. The Bertz CT molecular complexity index is 492. The zero-order valence-electron chi connectivity index (χ0n) is 12.7. The Labute approximate surface area is 129 Å². The van der Waals surface area contributed by atoms with Gasteiger partial charge < -0.3 is 14.3 Å². The van der Waals surface area contributed by atoms with Gasteiger partial charge in [-0.1, -0.05) is 30.3 Å². The normalized spacial score (nSPS) is 11.2. The highest BCUT2D eigenvalue weighted by Gasteiger charge is 2.27. The van der Waals surface area contributed by atoms with Crippen LogP contribution in [0.15, 0.2) is 30.3 Å². The smallest absolute Gasteiger partial charge is 0.429 e. The van der Waals surface area contributed by atoms with E-state index in [1.807, 2.05) is 30.3 Å². The molecule has 7 heteroatoms. The molecule has 0 aromatic heterocycles. The molecule has 0 spiro atoms. The van der Waals surface area contributed by atoms with Crippen LogP contribution in [0.25, 0.3) is 0 Å². The van der Waals surface area contributed by atoms with Crippen molar-refractivity contribution in [1.82, 2.24) is 10.4 Å². The van der Waals surface area contributed by atoms with Crippen LogP contribution in [-0.2, 0) is 20.7 Å². The van der Waals surface area contributed by atoms with Crippen LogP contribution in [0.2, 0.25) is 0 Å². The minimum Gasteiger partial charge on any atom is -0.449 e. The van der Waals surface area contributed by atoms with Gasteiger partial charge in [-0.25, -0.2) is 20.0 Å². The van der Waals surface area contributed by atoms with Crippen molar-refractivity contribution in [2.24, 2.45) is 0 Å². The Balaban J connectivity index is 2.87. The van der Waals surface area contributed by atoms with Crippen LogP contribution in [0.1, 0.15) is 19.4 Å². The highest BCUT2D eigenvalue weighted by atomic mass is 16.6. The van der Waals surface area contributed by atoms with Gasteiger partial charge in [0.25, 0.3) is 0 Å². The molecule has 1 N–H and O–H groups in total. The van der Waals surface area contributed by atoms with Gasteiger partial charge in [-0.3, -0.25) is 0 Å². The molecular formula is C15H20N2O5. The number of hydrogen-bond acceptors (Lipinski definition) is 5. The van der Waals surface area contributed by atoms with E-state index >= 15 is 0 Å². The Morgan fingerprint density at radius 2 is 1.82 bits per heavy atom. The quantitative estimate of drug-likeness (QED) is 0.641. The van der Waals surface area contributed by atoms with Gasteiger partial charge in [0.15, 0.2) is 0 Å². The Morgan fingerprint density at radius 1 is 1.18 bits per heavy atom. The van der Waals surface area contributed by atoms with Crippen molar-refractivity contribution in [3.05, 3.63) is 35.9 Å². The number of hydrogen-bond donors (Lipinski definition) is 1. The average molecular weight is 308 g/mol. The second-order valence-electron chi connectivity index (χ2n) is 4.29. The topological polar surface area (TPSA) is 84.9 Å². The second-order valence-corrected chi connectivity index (χ2v) is 4.29. The van der Waals surface area contributed by atoms with Gasteiger partial charge in [0.05, 0.1) is 13.2 Å². The molecule has 120 valence electrons. The number of rotatable bonds is 6. The molecule has 0 aliphatic heterocycles. The van der Waals surface area contributed by atoms with Gasteiger partial charge in [0, 0.05) is 6.42 Å². The molecule has 1 rings (SSSR count). The minimum absolute atomic E-state index is 0.122. The summed E-state index contributed by atoms with van der Waals surface area (Å²) in [6.45, 7) is 3.53. The summed E-state index contributed by atoms with van der Waals surface area (Å²) in [6, 6.07) is 8.24. The summed E-state index contributed by atoms with van der Waals surface area (Å²) in [5.41, 5.74) is 3.09. The first kappa shape index (κ1) is 17.5. The summed E-state index contributed by atoms with van der Waals surface area (Å²) in [5, 5.41) is 0.849. The molecule has 0 aliphatic rings. The molecule has 0 saturated heterocycles. The minimum atomic E-state index is -0.897.